The number of Topliss-reactive ketones (excluding diaryl/α,β-unsaturated/α-hetero) is 1. The minimum atomic E-state index is -1.06. The van der Waals surface area contributed by atoms with Crippen molar-refractivity contribution in [2.45, 2.75) is 40.0 Å². The van der Waals surface area contributed by atoms with E-state index < -0.39 is 11.9 Å². The molecule has 3 heteroatoms. The predicted octanol–water partition coefficient (Wildman–Crippen LogP) is 3.28. The molecule has 0 saturated heterocycles. The Balaban J connectivity index is 3.02. The minimum Gasteiger partial charge on any atom is -0.481 e. The molecule has 104 valence electrons. The van der Waals surface area contributed by atoms with Gasteiger partial charge in [-0.2, -0.15) is 0 Å². The summed E-state index contributed by atoms with van der Waals surface area (Å²) in [5, 5.41) is 8.94. The van der Waals surface area contributed by atoms with Gasteiger partial charge >= 0.3 is 5.97 Å². The van der Waals surface area contributed by atoms with Crippen LogP contribution in [0.3, 0.4) is 0 Å². The van der Waals surface area contributed by atoms with Gasteiger partial charge in [0.05, 0.1) is 0 Å². The van der Waals surface area contributed by atoms with Gasteiger partial charge in [0, 0.05) is 5.92 Å². The highest BCUT2D eigenvalue weighted by Gasteiger charge is 2.27. The second kappa shape index (κ2) is 6.50. The Morgan fingerprint density at radius 3 is 2.21 bits per heavy atom. The third-order valence-electron chi connectivity index (χ3n) is 3.37. The van der Waals surface area contributed by atoms with Crippen LogP contribution in [0.15, 0.2) is 24.3 Å². The van der Waals surface area contributed by atoms with Crippen LogP contribution in [0.5, 0.6) is 0 Å². The Morgan fingerprint density at radius 1 is 1.11 bits per heavy atom. The van der Waals surface area contributed by atoms with Crippen LogP contribution >= 0.6 is 0 Å². The zero-order valence-corrected chi connectivity index (χ0v) is 12.0. The quantitative estimate of drug-likeness (QED) is 0.800. The molecule has 0 amide bonds. The standard InChI is InChI=1S/C16H22O3/c1-10(2)9-13-7-5-6-8-14(13)11(3)15(17)12(4)16(18)19/h5-8,10-12H,9H2,1-4H3,(H,18,19)/t11?,12-/m0/s1. The van der Waals surface area contributed by atoms with Gasteiger partial charge in [-0.1, -0.05) is 45.0 Å². The molecule has 1 aromatic rings. The first-order chi connectivity index (χ1) is 8.84. The summed E-state index contributed by atoms with van der Waals surface area (Å²) in [6.07, 6.45) is 0.898. The monoisotopic (exact) mass is 262 g/mol. The van der Waals surface area contributed by atoms with Gasteiger partial charge in [-0.3, -0.25) is 9.59 Å². The van der Waals surface area contributed by atoms with E-state index in [0.717, 1.165) is 17.5 Å². The van der Waals surface area contributed by atoms with E-state index in [2.05, 4.69) is 13.8 Å². The summed E-state index contributed by atoms with van der Waals surface area (Å²) in [7, 11) is 0. The molecule has 0 heterocycles. The highest BCUT2D eigenvalue weighted by Crippen LogP contribution is 2.25. The highest BCUT2D eigenvalue weighted by atomic mass is 16.4. The van der Waals surface area contributed by atoms with E-state index in [0.29, 0.717) is 5.92 Å². The number of carbonyl (C=O) groups is 2. The molecule has 0 radical (unpaired) electrons. The van der Waals surface area contributed by atoms with Gasteiger partial charge in [0.1, 0.15) is 5.92 Å². The number of benzene rings is 1. The van der Waals surface area contributed by atoms with Crippen LogP contribution in [-0.4, -0.2) is 16.9 Å². The van der Waals surface area contributed by atoms with Crippen molar-refractivity contribution in [2.24, 2.45) is 11.8 Å². The molecule has 0 fully saturated rings. The fourth-order valence-corrected chi connectivity index (χ4v) is 2.23. The van der Waals surface area contributed by atoms with Crippen LogP contribution in [0.2, 0.25) is 0 Å². The molecule has 0 aliphatic heterocycles. The Kier molecular flexibility index (Phi) is 5.28. The van der Waals surface area contributed by atoms with Gasteiger partial charge in [-0.15, -0.1) is 0 Å². The van der Waals surface area contributed by atoms with Gasteiger partial charge < -0.3 is 5.11 Å². The summed E-state index contributed by atoms with van der Waals surface area (Å²) < 4.78 is 0. The predicted molar refractivity (Wildman–Crippen MR) is 75.2 cm³/mol. The van der Waals surface area contributed by atoms with Crippen molar-refractivity contribution in [3.8, 4) is 0 Å². The third kappa shape index (κ3) is 3.91. The molecule has 0 bridgehead atoms. The van der Waals surface area contributed by atoms with E-state index in [1.165, 1.54) is 6.92 Å². The first-order valence-corrected chi connectivity index (χ1v) is 6.69. The average molecular weight is 262 g/mol. The number of hydrogen-bond donors (Lipinski definition) is 1. The maximum atomic E-state index is 12.1. The largest absolute Gasteiger partial charge is 0.481 e. The molecule has 3 nitrogen and oxygen atoms in total. The first kappa shape index (κ1) is 15.4. The third-order valence-corrected chi connectivity index (χ3v) is 3.37. The Labute approximate surface area is 114 Å². The number of carboxylic acids is 1. The van der Waals surface area contributed by atoms with Crippen LogP contribution in [0.25, 0.3) is 0 Å². The van der Waals surface area contributed by atoms with Crippen molar-refractivity contribution < 1.29 is 14.7 Å². The van der Waals surface area contributed by atoms with Crippen LogP contribution in [0.4, 0.5) is 0 Å². The lowest BCUT2D eigenvalue weighted by molar-refractivity contribution is -0.145. The molecule has 0 saturated carbocycles. The summed E-state index contributed by atoms with van der Waals surface area (Å²) in [6, 6.07) is 7.80. The second-order valence-electron chi connectivity index (χ2n) is 5.48. The average Bonchev–Trinajstić information content (AvgIpc) is 2.36. The molecule has 2 atom stereocenters. The number of ketones is 1. The summed E-state index contributed by atoms with van der Waals surface area (Å²) in [5.41, 5.74) is 2.09. The van der Waals surface area contributed by atoms with Crippen molar-refractivity contribution in [2.75, 3.05) is 0 Å². The van der Waals surface area contributed by atoms with Crippen LogP contribution in [-0.2, 0) is 16.0 Å². The normalized spacial score (nSPS) is 14.2. The molecule has 1 aromatic carbocycles. The summed E-state index contributed by atoms with van der Waals surface area (Å²) >= 11 is 0. The molecule has 0 aliphatic rings. The summed E-state index contributed by atoms with van der Waals surface area (Å²) in [5.74, 6) is -2.12. The second-order valence-corrected chi connectivity index (χ2v) is 5.48. The zero-order chi connectivity index (χ0) is 14.6. The Morgan fingerprint density at radius 2 is 1.68 bits per heavy atom. The molecule has 1 N–H and O–H groups in total. The Bertz CT molecular complexity index is 463. The summed E-state index contributed by atoms with van der Waals surface area (Å²) in [4.78, 5) is 23.1. The van der Waals surface area contributed by atoms with Crippen molar-refractivity contribution in [1.82, 2.24) is 0 Å². The van der Waals surface area contributed by atoms with Crippen molar-refractivity contribution in [3.05, 3.63) is 35.4 Å². The molecule has 1 unspecified atom stereocenters. The van der Waals surface area contributed by atoms with E-state index in [9.17, 15) is 9.59 Å². The van der Waals surface area contributed by atoms with E-state index >= 15 is 0 Å². The van der Waals surface area contributed by atoms with Crippen molar-refractivity contribution in [1.29, 1.82) is 0 Å². The molecule has 0 aromatic heterocycles. The number of hydrogen-bond acceptors (Lipinski definition) is 2. The molecular weight excluding hydrogens is 240 g/mol. The van der Waals surface area contributed by atoms with E-state index in [4.69, 9.17) is 5.11 Å². The van der Waals surface area contributed by atoms with E-state index in [1.807, 2.05) is 24.3 Å². The van der Waals surface area contributed by atoms with Crippen molar-refractivity contribution >= 4 is 11.8 Å². The van der Waals surface area contributed by atoms with E-state index in [-0.39, 0.29) is 11.7 Å². The van der Waals surface area contributed by atoms with Crippen molar-refractivity contribution in [3.63, 3.8) is 0 Å². The zero-order valence-electron chi connectivity index (χ0n) is 12.0. The van der Waals surface area contributed by atoms with Crippen LogP contribution in [0, 0.1) is 11.8 Å². The molecular formula is C16H22O3. The van der Waals surface area contributed by atoms with Gasteiger partial charge in [0.15, 0.2) is 5.78 Å². The molecule has 0 spiro atoms. The topological polar surface area (TPSA) is 54.4 Å². The van der Waals surface area contributed by atoms with Crippen LogP contribution in [0.1, 0.15) is 44.7 Å². The van der Waals surface area contributed by atoms with Gasteiger partial charge in [0.2, 0.25) is 0 Å². The fraction of sp³-hybridized carbons (Fsp3) is 0.500. The number of carbonyl (C=O) groups excluding carboxylic acids is 1. The van der Waals surface area contributed by atoms with E-state index in [1.54, 1.807) is 6.92 Å². The number of carboxylic acid groups (broad SMARTS) is 1. The smallest absolute Gasteiger partial charge is 0.313 e. The van der Waals surface area contributed by atoms with Gasteiger partial charge in [0.25, 0.3) is 0 Å². The molecule has 19 heavy (non-hydrogen) atoms. The number of aliphatic carboxylic acids is 1. The highest BCUT2D eigenvalue weighted by molar-refractivity contribution is 6.01. The lowest BCUT2D eigenvalue weighted by atomic mass is 9.85. The maximum absolute atomic E-state index is 12.1. The lowest BCUT2D eigenvalue weighted by Crippen LogP contribution is -2.25. The molecule has 1 rings (SSSR count). The van der Waals surface area contributed by atoms with Gasteiger partial charge in [-0.05, 0) is 30.4 Å². The number of rotatable bonds is 6. The van der Waals surface area contributed by atoms with Crippen LogP contribution < -0.4 is 0 Å². The Hall–Kier alpha value is -1.64. The molecule has 0 aliphatic carbocycles. The summed E-state index contributed by atoms with van der Waals surface area (Å²) in [6.45, 7) is 7.50. The SMILES string of the molecule is CC(C)Cc1ccccc1C(C)C(=O)[C@H](C)C(=O)O. The lowest BCUT2D eigenvalue weighted by Gasteiger charge is -2.18. The minimum absolute atomic E-state index is 0.233. The van der Waals surface area contributed by atoms with Gasteiger partial charge in [-0.25, -0.2) is 0 Å². The maximum Gasteiger partial charge on any atom is 0.313 e. The fourth-order valence-electron chi connectivity index (χ4n) is 2.23. The first-order valence-electron chi connectivity index (χ1n) is 6.69.